The third kappa shape index (κ3) is 4.56. The van der Waals surface area contributed by atoms with Gasteiger partial charge in [-0.3, -0.25) is 9.59 Å². The second-order valence-corrected chi connectivity index (χ2v) is 7.55. The van der Waals surface area contributed by atoms with Crippen LogP contribution >= 0.6 is 0 Å². The van der Waals surface area contributed by atoms with Crippen molar-refractivity contribution in [3.63, 3.8) is 0 Å². The number of carboxylic acid groups (broad SMARTS) is 1. The average Bonchev–Trinajstić information content (AvgIpc) is 2.38. The van der Waals surface area contributed by atoms with Crippen molar-refractivity contribution < 1.29 is 23.1 Å². The van der Waals surface area contributed by atoms with Gasteiger partial charge in [0.2, 0.25) is 5.91 Å². The third-order valence-electron chi connectivity index (χ3n) is 2.99. The van der Waals surface area contributed by atoms with E-state index in [0.717, 1.165) is 0 Å². The number of carbonyl (C=O) groups excluding carboxylic acids is 1. The van der Waals surface area contributed by atoms with Crippen LogP contribution in [0.4, 0.5) is 0 Å². The lowest BCUT2D eigenvalue weighted by atomic mass is 10.1. The van der Waals surface area contributed by atoms with Crippen molar-refractivity contribution >= 4 is 21.7 Å². The molecule has 0 bridgehead atoms. The molecule has 0 aliphatic heterocycles. The Morgan fingerprint density at radius 1 is 1.14 bits per heavy atom. The largest absolute Gasteiger partial charge is 0.480 e. The minimum Gasteiger partial charge on any atom is -0.480 e. The highest BCUT2D eigenvalue weighted by atomic mass is 32.2. The highest BCUT2D eigenvalue weighted by molar-refractivity contribution is 7.92. The van der Waals surface area contributed by atoms with E-state index in [2.05, 4.69) is 5.32 Å². The minimum atomic E-state index is -3.33. The smallest absolute Gasteiger partial charge is 0.325 e. The number of carbonyl (C=O) groups is 2. The van der Waals surface area contributed by atoms with E-state index in [1.165, 1.54) is 19.1 Å². The molecule has 0 aliphatic carbocycles. The average molecular weight is 313 g/mol. The number of carboxylic acids is 1. The van der Waals surface area contributed by atoms with Gasteiger partial charge in [-0.15, -0.1) is 0 Å². The van der Waals surface area contributed by atoms with E-state index in [0.29, 0.717) is 5.56 Å². The Labute approximate surface area is 124 Å². The quantitative estimate of drug-likeness (QED) is 0.816. The first-order chi connectivity index (χ1) is 9.64. The Hall–Kier alpha value is -1.89. The SMILES string of the molecule is CC(C)S(=O)(=O)c1ccc(CC(=O)N[C@H](C)C(=O)O)cc1. The van der Waals surface area contributed by atoms with Crippen molar-refractivity contribution in [2.75, 3.05) is 0 Å². The standard InChI is InChI=1S/C14H19NO5S/c1-9(2)21(19,20)12-6-4-11(5-7-12)8-13(16)15-10(3)14(17)18/h4-7,9-10H,8H2,1-3H3,(H,15,16)(H,17,18)/t10-/m1/s1. The summed E-state index contributed by atoms with van der Waals surface area (Å²) in [7, 11) is -3.33. The molecule has 0 saturated carbocycles. The summed E-state index contributed by atoms with van der Waals surface area (Å²) in [6, 6.07) is 5.07. The number of aliphatic carboxylic acids is 1. The van der Waals surface area contributed by atoms with Crippen molar-refractivity contribution in [1.82, 2.24) is 5.32 Å². The van der Waals surface area contributed by atoms with Crippen LogP contribution in [0.3, 0.4) is 0 Å². The summed E-state index contributed by atoms with van der Waals surface area (Å²) in [6.07, 6.45) is -0.000371. The lowest BCUT2D eigenvalue weighted by Crippen LogP contribution is -2.39. The second kappa shape index (κ2) is 6.71. The molecule has 116 valence electrons. The van der Waals surface area contributed by atoms with E-state index in [4.69, 9.17) is 5.11 Å². The molecule has 0 spiro atoms. The van der Waals surface area contributed by atoms with Gasteiger partial charge in [0.1, 0.15) is 6.04 Å². The zero-order valence-corrected chi connectivity index (χ0v) is 13.0. The molecule has 0 heterocycles. The summed E-state index contributed by atoms with van der Waals surface area (Å²) >= 11 is 0. The molecule has 1 amide bonds. The molecule has 0 radical (unpaired) electrons. The fourth-order valence-electron chi connectivity index (χ4n) is 1.61. The van der Waals surface area contributed by atoms with Gasteiger partial charge in [-0.25, -0.2) is 8.42 Å². The Balaban J connectivity index is 2.76. The molecule has 0 fully saturated rings. The van der Waals surface area contributed by atoms with E-state index in [9.17, 15) is 18.0 Å². The number of rotatable bonds is 6. The molecule has 7 heteroatoms. The molecule has 1 atom stereocenters. The van der Waals surface area contributed by atoms with E-state index in [-0.39, 0.29) is 11.3 Å². The van der Waals surface area contributed by atoms with Crippen LogP contribution in [0, 0.1) is 0 Å². The maximum atomic E-state index is 11.9. The van der Waals surface area contributed by atoms with Gasteiger partial charge in [0.25, 0.3) is 0 Å². The molecular weight excluding hydrogens is 294 g/mol. The van der Waals surface area contributed by atoms with Gasteiger partial charge in [0.05, 0.1) is 16.6 Å². The first-order valence-corrected chi connectivity index (χ1v) is 8.04. The lowest BCUT2D eigenvalue weighted by Gasteiger charge is -2.10. The van der Waals surface area contributed by atoms with Crippen LogP contribution in [-0.4, -0.2) is 36.7 Å². The van der Waals surface area contributed by atoms with Crippen LogP contribution in [0.1, 0.15) is 26.3 Å². The van der Waals surface area contributed by atoms with Crippen molar-refractivity contribution in [3.05, 3.63) is 29.8 Å². The Morgan fingerprint density at radius 2 is 1.67 bits per heavy atom. The summed E-state index contributed by atoms with van der Waals surface area (Å²) in [4.78, 5) is 22.5. The molecule has 1 aromatic carbocycles. The van der Waals surface area contributed by atoms with Crippen LogP contribution < -0.4 is 5.32 Å². The predicted octanol–water partition coefficient (Wildman–Crippen LogP) is 1.00. The number of sulfone groups is 1. The highest BCUT2D eigenvalue weighted by Gasteiger charge is 2.19. The topological polar surface area (TPSA) is 101 Å². The van der Waals surface area contributed by atoms with Gasteiger partial charge >= 0.3 is 5.97 Å². The van der Waals surface area contributed by atoms with Gasteiger partial charge in [-0.2, -0.15) is 0 Å². The van der Waals surface area contributed by atoms with Crippen LogP contribution in [0.5, 0.6) is 0 Å². The molecule has 21 heavy (non-hydrogen) atoms. The maximum absolute atomic E-state index is 11.9. The fraction of sp³-hybridized carbons (Fsp3) is 0.429. The maximum Gasteiger partial charge on any atom is 0.325 e. The second-order valence-electron chi connectivity index (χ2n) is 5.04. The van der Waals surface area contributed by atoms with E-state index in [1.54, 1.807) is 26.0 Å². The summed E-state index contributed by atoms with van der Waals surface area (Å²) in [5, 5.41) is 10.5. The van der Waals surface area contributed by atoms with Crippen LogP contribution in [-0.2, 0) is 25.8 Å². The van der Waals surface area contributed by atoms with Gasteiger partial charge in [0.15, 0.2) is 9.84 Å². The highest BCUT2D eigenvalue weighted by Crippen LogP contribution is 2.16. The van der Waals surface area contributed by atoms with Gasteiger partial charge < -0.3 is 10.4 Å². The monoisotopic (exact) mass is 313 g/mol. The summed E-state index contributed by atoms with van der Waals surface area (Å²) in [6.45, 7) is 4.58. The zero-order chi connectivity index (χ0) is 16.2. The molecule has 0 unspecified atom stereocenters. The van der Waals surface area contributed by atoms with Crippen molar-refractivity contribution in [2.45, 2.75) is 43.4 Å². The van der Waals surface area contributed by atoms with Crippen molar-refractivity contribution in [3.8, 4) is 0 Å². The molecule has 6 nitrogen and oxygen atoms in total. The fourth-order valence-corrected chi connectivity index (χ4v) is 2.67. The van der Waals surface area contributed by atoms with E-state index < -0.39 is 33.0 Å². The Bertz CT molecular complexity index is 619. The number of hydrogen-bond donors (Lipinski definition) is 2. The summed E-state index contributed by atoms with van der Waals surface area (Å²) in [5.41, 5.74) is 0.618. The minimum absolute atomic E-state index is 0.000371. The molecule has 0 aliphatic rings. The van der Waals surface area contributed by atoms with Crippen molar-refractivity contribution in [2.24, 2.45) is 0 Å². The van der Waals surface area contributed by atoms with E-state index in [1.807, 2.05) is 0 Å². The molecule has 1 rings (SSSR count). The predicted molar refractivity (Wildman–Crippen MR) is 77.7 cm³/mol. The third-order valence-corrected chi connectivity index (χ3v) is 5.16. The van der Waals surface area contributed by atoms with Crippen LogP contribution in [0.15, 0.2) is 29.2 Å². The number of nitrogens with one attached hydrogen (secondary N) is 1. The number of amides is 1. The zero-order valence-electron chi connectivity index (χ0n) is 12.2. The normalized spacial score (nSPS) is 13.0. The van der Waals surface area contributed by atoms with Crippen molar-refractivity contribution in [1.29, 1.82) is 0 Å². The summed E-state index contributed by atoms with van der Waals surface area (Å²) in [5.74, 6) is -1.54. The molecular formula is C14H19NO5S. The van der Waals surface area contributed by atoms with Gasteiger partial charge in [0, 0.05) is 0 Å². The first kappa shape index (κ1) is 17.2. The Morgan fingerprint density at radius 3 is 2.10 bits per heavy atom. The molecule has 2 N–H and O–H groups in total. The van der Waals surface area contributed by atoms with Gasteiger partial charge in [-0.05, 0) is 38.5 Å². The number of benzene rings is 1. The van der Waals surface area contributed by atoms with Crippen LogP contribution in [0.2, 0.25) is 0 Å². The summed E-state index contributed by atoms with van der Waals surface area (Å²) < 4.78 is 23.9. The Kier molecular flexibility index (Phi) is 5.48. The molecule has 0 aromatic heterocycles. The lowest BCUT2D eigenvalue weighted by molar-refractivity contribution is -0.141. The van der Waals surface area contributed by atoms with Crippen LogP contribution in [0.25, 0.3) is 0 Å². The van der Waals surface area contributed by atoms with Gasteiger partial charge in [-0.1, -0.05) is 12.1 Å². The molecule has 1 aromatic rings. The first-order valence-electron chi connectivity index (χ1n) is 6.49. The van der Waals surface area contributed by atoms with E-state index >= 15 is 0 Å². The molecule has 0 saturated heterocycles. The number of hydrogen-bond acceptors (Lipinski definition) is 4.